The van der Waals surface area contributed by atoms with E-state index in [1.807, 2.05) is 12.4 Å². The van der Waals surface area contributed by atoms with Crippen LogP contribution in [0.3, 0.4) is 0 Å². The van der Waals surface area contributed by atoms with Gasteiger partial charge in [0.1, 0.15) is 0 Å². The van der Waals surface area contributed by atoms with Crippen LogP contribution < -0.4 is 4.90 Å². The van der Waals surface area contributed by atoms with Crippen LogP contribution in [0.5, 0.6) is 0 Å². The Morgan fingerprint density at radius 1 is 1.26 bits per heavy atom. The van der Waals surface area contributed by atoms with Crippen molar-refractivity contribution in [2.75, 3.05) is 32.1 Å². The molecule has 1 saturated heterocycles. The molecule has 1 atom stereocenters. The molecule has 4 heteroatoms. The third-order valence-electron chi connectivity index (χ3n) is 4.42. The number of anilines is 1. The minimum absolute atomic E-state index is 0.658. The molecule has 0 aliphatic carbocycles. The second-order valence-corrected chi connectivity index (χ2v) is 5.77. The van der Waals surface area contributed by atoms with E-state index in [9.17, 15) is 0 Å². The zero-order chi connectivity index (χ0) is 13.8. The highest BCUT2D eigenvalue weighted by Gasteiger charge is 2.25. The van der Waals surface area contributed by atoms with Gasteiger partial charge in [0.05, 0.1) is 0 Å². The first kappa shape index (κ1) is 14.3. The fourth-order valence-electron chi connectivity index (χ4n) is 2.70. The Hall–Kier alpha value is -1.16. The number of hydrogen-bond donors (Lipinski definition) is 0. The van der Waals surface area contributed by atoms with Gasteiger partial charge in [0.15, 0.2) is 0 Å². The van der Waals surface area contributed by atoms with Crippen molar-refractivity contribution in [2.45, 2.75) is 39.2 Å². The molecule has 106 valence electrons. The lowest BCUT2D eigenvalue weighted by atomic mass is 9.90. The minimum Gasteiger partial charge on any atom is -0.341 e. The molecule has 0 bridgehead atoms. The molecule has 0 amide bonds. The molecule has 1 aromatic heterocycles. The summed E-state index contributed by atoms with van der Waals surface area (Å²) in [6, 6.07) is 0.658. The lowest BCUT2D eigenvalue weighted by Crippen LogP contribution is -2.42. The van der Waals surface area contributed by atoms with Crippen molar-refractivity contribution < 1.29 is 0 Å². The Labute approximate surface area is 116 Å². The second kappa shape index (κ2) is 6.33. The second-order valence-electron chi connectivity index (χ2n) is 5.77. The molecule has 1 fully saturated rings. The zero-order valence-corrected chi connectivity index (χ0v) is 12.6. The molecule has 1 aliphatic heterocycles. The van der Waals surface area contributed by atoms with Gasteiger partial charge in [0.2, 0.25) is 5.95 Å². The summed E-state index contributed by atoms with van der Waals surface area (Å²) in [5, 5.41) is 0. The molecule has 1 aliphatic rings. The summed E-state index contributed by atoms with van der Waals surface area (Å²) >= 11 is 0. The maximum Gasteiger partial charge on any atom is 0.225 e. The van der Waals surface area contributed by atoms with Crippen LogP contribution in [-0.2, 0) is 6.42 Å². The Morgan fingerprint density at radius 2 is 1.84 bits per heavy atom. The monoisotopic (exact) mass is 262 g/mol. The van der Waals surface area contributed by atoms with Gasteiger partial charge in [0.25, 0.3) is 0 Å². The summed E-state index contributed by atoms with van der Waals surface area (Å²) in [5.41, 5.74) is 1.21. The molecule has 0 unspecified atom stereocenters. The van der Waals surface area contributed by atoms with Gasteiger partial charge in [0, 0.05) is 31.5 Å². The number of hydrogen-bond acceptors (Lipinski definition) is 4. The van der Waals surface area contributed by atoms with Gasteiger partial charge in [-0.15, -0.1) is 0 Å². The summed E-state index contributed by atoms with van der Waals surface area (Å²) in [5.74, 6) is 1.69. The van der Waals surface area contributed by atoms with Crippen molar-refractivity contribution in [3.63, 3.8) is 0 Å². The van der Waals surface area contributed by atoms with Crippen LogP contribution in [0.15, 0.2) is 12.4 Å². The van der Waals surface area contributed by atoms with Crippen molar-refractivity contribution in [1.29, 1.82) is 0 Å². The van der Waals surface area contributed by atoms with E-state index in [-0.39, 0.29) is 0 Å². The van der Waals surface area contributed by atoms with Crippen molar-refractivity contribution in [2.24, 2.45) is 5.92 Å². The van der Waals surface area contributed by atoms with Gasteiger partial charge in [-0.1, -0.05) is 6.92 Å². The third-order valence-corrected chi connectivity index (χ3v) is 4.42. The van der Waals surface area contributed by atoms with E-state index in [0.29, 0.717) is 6.04 Å². The van der Waals surface area contributed by atoms with Gasteiger partial charge < -0.3 is 9.80 Å². The molecule has 2 heterocycles. The number of aromatic nitrogens is 2. The first-order valence-corrected chi connectivity index (χ1v) is 7.34. The first-order valence-electron chi connectivity index (χ1n) is 7.34. The van der Waals surface area contributed by atoms with Crippen molar-refractivity contribution in [3.8, 4) is 0 Å². The molecule has 19 heavy (non-hydrogen) atoms. The van der Waals surface area contributed by atoms with Crippen molar-refractivity contribution in [1.82, 2.24) is 14.9 Å². The number of aryl methyl sites for hydroxylation is 1. The van der Waals surface area contributed by atoms with Crippen LogP contribution in [0.2, 0.25) is 0 Å². The summed E-state index contributed by atoms with van der Waals surface area (Å²) in [6.45, 7) is 6.61. The maximum absolute atomic E-state index is 4.48. The van der Waals surface area contributed by atoms with E-state index >= 15 is 0 Å². The van der Waals surface area contributed by atoms with Gasteiger partial charge in [-0.3, -0.25) is 0 Å². The Kier molecular flexibility index (Phi) is 4.75. The quantitative estimate of drug-likeness (QED) is 0.833. The van der Waals surface area contributed by atoms with Gasteiger partial charge >= 0.3 is 0 Å². The van der Waals surface area contributed by atoms with Gasteiger partial charge in [-0.2, -0.15) is 0 Å². The van der Waals surface area contributed by atoms with Crippen LogP contribution in [0.1, 0.15) is 32.3 Å². The molecule has 0 aromatic carbocycles. The molecule has 0 radical (unpaired) electrons. The largest absolute Gasteiger partial charge is 0.341 e. The molecular formula is C15H26N4. The van der Waals surface area contributed by atoms with Crippen LogP contribution in [0.4, 0.5) is 5.95 Å². The zero-order valence-electron chi connectivity index (χ0n) is 12.6. The smallest absolute Gasteiger partial charge is 0.225 e. The Bertz CT molecular complexity index is 380. The van der Waals surface area contributed by atoms with E-state index in [4.69, 9.17) is 0 Å². The summed E-state index contributed by atoms with van der Waals surface area (Å²) in [6.07, 6.45) is 7.38. The van der Waals surface area contributed by atoms with Gasteiger partial charge in [-0.05, 0) is 51.8 Å². The van der Waals surface area contributed by atoms with Crippen LogP contribution >= 0.6 is 0 Å². The predicted molar refractivity (Wildman–Crippen MR) is 79.5 cm³/mol. The predicted octanol–water partition coefficient (Wildman–Crippen LogP) is 2.21. The van der Waals surface area contributed by atoms with Gasteiger partial charge in [-0.25, -0.2) is 9.97 Å². The topological polar surface area (TPSA) is 32.3 Å². The SMILES string of the molecule is CCc1cnc(N2CCC([C@H](C)N(C)C)CC2)nc1. The molecule has 0 spiro atoms. The van der Waals surface area contributed by atoms with E-state index in [0.717, 1.165) is 31.4 Å². The van der Waals surface area contributed by atoms with Crippen LogP contribution in [0, 0.1) is 5.92 Å². The van der Waals surface area contributed by atoms with E-state index in [1.54, 1.807) is 0 Å². The number of nitrogens with zero attached hydrogens (tertiary/aromatic N) is 4. The Balaban J connectivity index is 1.92. The summed E-state index contributed by atoms with van der Waals surface area (Å²) in [4.78, 5) is 13.6. The third kappa shape index (κ3) is 3.44. The van der Waals surface area contributed by atoms with E-state index < -0.39 is 0 Å². The van der Waals surface area contributed by atoms with E-state index in [2.05, 4.69) is 47.7 Å². The summed E-state index contributed by atoms with van der Waals surface area (Å²) in [7, 11) is 4.34. The van der Waals surface area contributed by atoms with Crippen LogP contribution in [-0.4, -0.2) is 48.1 Å². The van der Waals surface area contributed by atoms with Crippen LogP contribution in [0.25, 0.3) is 0 Å². The minimum atomic E-state index is 0.658. The standard InChI is InChI=1S/C15H26N4/c1-5-13-10-16-15(17-11-13)19-8-6-14(7-9-19)12(2)18(3)4/h10-12,14H,5-9H2,1-4H3/t12-/m0/s1. The highest BCUT2D eigenvalue weighted by Crippen LogP contribution is 2.24. The average molecular weight is 262 g/mol. The number of piperidine rings is 1. The lowest BCUT2D eigenvalue weighted by Gasteiger charge is -2.37. The molecule has 2 rings (SSSR count). The normalized spacial score (nSPS) is 18.9. The molecule has 0 N–H and O–H groups in total. The van der Waals surface area contributed by atoms with Crippen molar-refractivity contribution >= 4 is 5.95 Å². The molecule has 0 saturated carbocycles. The first-order chi connectivity index (χ1) is 9.11. The van der Waals surface area contributed by atoms with E-state index in [1.165, 1.54) is 18.4 Å². The highest BCUT2D eigenvalue weighted by atomic mass is 15.2. The lowest BCUT2D eigenvalue weighted by molar-refractivity contribution is 0.198. The average Bonchev–Trinajstić information content (AvgIpc) is 2.46. The Morgan fingerprint density at radius 3 is 2.32 bits per heavy atom. The summed E-state index contributed by atoms with van der Waals surface area (Å²) < 4.78 is 0. The fourth-order valence-corrected chi connectivity index (χ4v) is 2.70. The highest BCUT2D eigenvalue weighted by molar-refractivity contribution is 5.30. The number of rotatable bonds is 4. The molecular weight excluding hydrogens is 236 g/mol. The molecule has 4 nitrogen and oxygen atoms in total. The fraction of sp³-hybridized carbons (Fsp3) is 0.733. The maximum atomic E-state index is 4.48. The van der Waals surface area contributed by atoms with Crippen molar-refractivity contribution in [3.05, 3.63) is 18.0 Å². The molecule has 1 aromatic rings.